The Kier molecular flexibility index (Phi) is 4.54. The number of hydrogen-bond acceptors (Lipinski definition) is 5. The first-order valence-electron chi connectivity index (χ1n) is 7.02. The van der Waals surface area contributed by atoms with Gasteiger partial charge in [-0.05, 0) is 36.4 Å². The summed E-state index contributed by atoms with van der Waals surface area (Å²) >= 11 is 1.42. The summed E-state index contributed by atoms with van der Waals surface area (Å²) in [6, 6.07) is 17.4. The van der Waals surface area contributed by atoms with Crippen LogP contribution in [0.5, 0.6) is 11.5 Å². The van der Waals surface area contributed by atoms with Crippen LogP contribution in [0.4, 0.5) is 5.13 Å². The van der Waals surface area contributed by atoms with E-state index in [4.69, 9.17) is 4.74 Å². The van der Waals surface area contributed by atoms with Crippen molar-refractivity contribution in [1.82, 2.24) is 10.4 Å². The average molecular weight is 325 g/mol. The second-order valence-corrected chi connectivity index (χ2v) is 5.64. The molecule has 0 fully saturated rings. The van der Waals surface area contributed by atoms with E-state index in [1.807, 2.05) is 60.0 Å². The molecule has 3 aromatic rings. The molecule has 0 unspecified atom stereocenters. The predicted octanol–water partition coefficient (Wildman–Crippen LogP) is 4.07. The lowest BCUT2D eigenvalue weighted by molar-refractivity contribution is -0.118. The number of nitrogens with zero attached hydrogens (tertiary/aromatic N) is 1. The van der Waals surface area contributed by atoms with E-state index >= 15 is 0 Å². The van der Waals surface area contributed by atoms with E-state index in [1.54, 1.807) is 0 Å². The van der Waals surface area contributed by atoms with Gasteiger partial charge in [0.05, 0.1) is 5.69 Å². The monoisotopic (exact) mass is 325 g/mol. The van der Waals surface area contributed by atoms with E-state index < -0.39 is 0 Å². The molecule has 0 radical (unpaired) electrons. The van der Waals surface area contributed by atoms with E-state index in [-0.39, 0.29) is 5.91 Å². The first-order valence-corrected chi connectivity index (χ1v) is 7.90. The van der Waals surface area contributed by atoms with Crippen molar-refractivity contribution >= 4 is 22.4 Å². The molecule has 1 heterocycles. The molecule has 2 N–H and O–H groups in total. The van der Waals surface area contributed by atoms with Gasteiger partial charge >= 0.3 is 0 Å². The average Bonchev–Trinajstić information content (AvgIpc) is 3.04. The van der Waals surface area contributed by atoms with Crippen LogP contribution in [-0.4, -0.2) is 10.9 Å². The van der Waals surface area contributed by atoms with Crippen LogP contribution in [0.15, 0.2) is 60.0 Å². The third-order valence-corrected chi connectivity index (χ3v) is 3.74. The van der Waals surface area contributed by atoms with Crippen LogP contribution in [-0.2, 0) is 4.79 Å². The molecule has 23 heavy (non-hydrogen) atoms. The molecule has 2 aromatic carbocycles. The fraction of sp³-hybridized carbons (Fsp3) is 0.0588. The summed E-state index contributed by atoms with van der Waals surface area (Å²) < 4.78 is 5.76. The Balaban J connectivity index is 1.68. The number of anilines is 1. The zero-order valence-corrected chi connectivity index (χ0v) is 13.3. The summed E-state index contributed by atoms with van der Waals surface area (Å²) in [4.78, 5) is 15.3. The summed E-state index contributed by atoms with van der Waals surface area (Å²) in [6.07, 6.45) is 0. The number of amides is 1. The molecule has 6 heteroatoms. The molecule has 1 aromatic heterocycles. The van der Waals surface area contributed by atoms with Crippen LogP contribution >= 0.6 is 11.3 Å². The number of thiazole rings is 1. The minimum absolute atomic E-state index is 0.163. The van der Waals surface area contributed by atoms with Crippen molar-refractivity contribution in [3.63, 3.8) is 0 Å². The van der Waals surface area contributed by atoms with E-state index in [9.17, 15) is 4.79 Å². The van der Waals surface area contributed by atoms with Crippen LogP contribution in [0, 0.1) is 0 Å². The number of para-hydroxylation sites is 1. The summed E-state index contributed by atoms with van der Waals surface area (Å²) in [5.41, 5.74) is 7.09. The quantitative estimate of drug-likeness (QED) is 0.694. The first kappa shape index (κ1) is 15.1. The van der Waals surface area contributed by atoms with E-state index in [0.717, 1.165) is 22.8 Å². The molecule has 0 atom stereocenters. The van der Waals surface area contributed by atoms with Gasteiger partial charge in [0, 0.05) is 17.9 Å². The van der Waals surface area contributed by atoms with Crippen LogP contribution in [0.3, 0.4) is 0 Å². The zero-order valence-electron chi connectivity index (χ0n) is 12.4. The van der Waals surface area contributed by atoms with Crippen LogP contribution in [0.1, 0.15) is 6.92 Å². The van der Waals surface area contributed by atoms with Crippen molar-refractivity contribution in [2.45, 2.75) is 6.92 Å². The van der Waals surface area contributed by atoms with Crippen molar-refractivity contribution in [2.75, 3.05) is 5.43 Å². The largest absolute Gasteiger partial charge is 0.457 e. The molecule has 0 saturated carbocycles. The van der Waals surface area contributed by atoms with Gasteiger partial charge in [-0.25, -0.2) is 4.98 Å². The van der Waals surface area contributed by atoms with Gasteiger partial charge in [-0.15, -0.1) is 11.3 Å². The van der Waals surface area contributed by atoms with Crippen LogP contribution < -0.4 is 15.6 Å². The molecule has 0 aliphatic carbocycles. The molecule has 116 valence electrons. The van der Waals surface area contributed by atoms with Crippen LogP contribution in [0.25, 0.3) is 11.3 Å². The molecule has 0 aliphatic heterocycles. The standard InChI is InChI=1S/C17H15N3O2S/c1-12(21)19-20-17-18-16(11-23-17)13-7-9-15(10-8-13)22-14-5-3-2-4-6-14/h2-11H,1H3,(H,18,20)(H,19,21). The number of nitrogens with one attached hydrogen (secondary N) is 2. The normalized spacial score (nSPS) is 10.1. The zero-order chi connectivity index (χ0) is 16.1. The fourth-order valence-electron chi connectivity index (χ4n) is 1.92. The third-order valence-electron chi connectivity index (χ3n) is 2.98. The molecule has 3 rings (SSSR count). The lowest BCUT2D eigenvalue weighted by Gasteiger charge is -2.05. The highest BCUT2D eigenvalue weighted by molar-refractivity contribution is 7.14. The number of benzene rings is 2. The molecule has 1 amide bonds. The number of carbonyl (C=O) groups excluding carboxylic acids is 1. The Morgan fingerprint density at radius 3 is 2.43 bits per heavy atom. The summed E-state index contributed by atoms with van der Waals surface area (Å²) in [5.74, 6) is 1.41. The number of ether oxygens (including phenoxy) is 1. The third kappa shape index (κ3) is 4.08. The maximum Gasteiger partial charge on any atom is 0.235 e. The summed E-state index contributed by atoms with van der Waals surface area (Å²) in [5, 5.41) is 2.57. The Labute approximate surface area is 137 Å². The van der Waals surface area contributed by atoms with E-state index in [0.29, 0.717) is 5.13 Å². The second kappa shape index (κ2) is 6.93. The van der Waals surface area contributed by atoms with Gasteiger partial charge in [0.15, 0.2) is 0 Å². The maximum atomic E-state index is 10.9. The van der Waals surface area contributed by atoms with Crippen molar-refractivity contribution in [2.24, 2.45) is 0 Å². The molecular formula is C17H15N3O2S. The summed E-state index contributed by atoms with van der Waals surface area (Å²) in [6.45, 7) is 1.44. The Morgan fingerprint density at radius 1 is 1.04 bits per heavy atom. The molecule has 0 aliphatic rings. The Hall–Kier alpha value is -2.86. The Bertz CT molecular complexity index is 785. The highest BCUT2D eigenvalue weighted by atomic mass is 32.1. The SMILES string of the molecule is CC(=O)NNc1nc(-c2ccc(Oc3ccccc3)cc2)cs1. The molecule has 5 nitrogen and oxygen atoms in total. The smallest absolute Gasteiger partial charge is 0.235 e. The van der Waals surface area contributed by atoms with Gasteiger partial charge in [0.2, 0.25) is 11.0 Å². The minimum atomic E-state index is -0.163. The first-order chi connectivity index (χ1) is 11.2. The minimum Gasteiger partial charge on any atom is -0.457 e. The predicted molar refractivity (Wildman–Crippen MR) is 91.5 cm³/mol. The van der Waals surface area contributed by atoms with E-state index in [2.05, 4.69) is 15.8 Å². The molecular weight excluding hydrogens is 310 g/mol. The van der Waals surface area contributed by atoms with Gasteiger partial charge in [-0.1, -0.05) is 18.2 Å². The van der Waals surface area contributed by atoms with Crippen molar-refractivity contribution < 1.29 is 9.53 Å². The number of rotatable bonds is 5. The molecule has 0 bridgehead atoms. The van der Waals surface area contributed by atoms with Crippen molar-refractivity contribution in [3.8, 4) is 22.8 Å². The number of carbonyl (C=O) groups is 1. The lowest BCUT2D eigenvalue weighted by atomic mass is 10.2. The van der Waals surface area contributed by atoms with Gasteiger partial charge in [0.1, 0.15) is 11.5 Å². The van der Waals surface area contributed by atoms with Gasteiger partial charge < -0.3 is 4.74 Å². The van der Waals surface area contributed by atoms with Gasteiger partial charge in [0.25, 0.3) is 0 Å². The van der Waals surface area contributed by atoms with Crippen LogP contribution in [0.2, 0.25) is 0 Å². The highest BCUT2D eigenvalue weighted by Crippen LogP contribution is 2.27. The number of hydrogen-bond donors (Lipinski definition) is 2. The Morgan fingerprint density at radius 2 is 1.74 bits per heavy atom. The van der Waals surface area contributed by atoms with Crippen molar-refractivity contribution in [3.05, 3.63) is 60.0 Å². The van der Waals surface area contributed by atoms with E-state index in [1.165, 1.54) is 18.3 Å². The molecule has 0 saturated heterocycles. The topological polar surface area (TPSA) is 63.2 Å². The number of aromatic nitrogens is 1. The molecule has 0 spiro atoms. The second-order valence-electron chi connectivity index (χ2n) is 4.78. The maximum absolute atomic E-state index is 10.9. The fourth-order valence-corrected chi connectivity index (χ4v) is 2.60. The van der Waals surface area contributed by atoms with Crippen molar-refractivity contribution in [1.29, 1.82) is 0 Å². The lowest BCUT2D eigenvalue weighted by Crippen LogP contribution is -2.26. The summed E-state index contributed by atoms with van der Waals surface area (Å²) in [7, 11) is 0. The number of hydrazine groups is 1. The van der Waals surface area contributed by atoms with Gasteiger partial charge in [-0.2, -0.15) is 0 Å². The van der Waals surface area contributed by atoms with Gasteiger partial charge in [-0.3, -0.25) is 15.6 Å². The highest BCUT2D eigenvalue weighted by Gasteiger charge is 2.05.